The van der Waals surface area contributed by atoms with Crippen LogP contribution in [0.4, 0.5) is 0 Å². The number of benzene rings is 4. The Hall–Kier alpha value is -4.20. The third kappa shape index (κ3) is 26.4. The first-order valence-electron chi connectivity index (χ1n) is 31.8. The summed E-state index contributed by atoms with van der Waals surface area (Å²) in [5.41, 5.74) is 0. The molecule has 0 unspecified atom stereocenters. The van der Waals surface area contributed by atoms with E-state index in [1.807, 2.05) is 0 Å². The highest BCUT2D eigenvalue weighted by Gasteiger charge is 2.26. The molecule has 8 nitrogen and oxygen atoms in total. The van der Waals surface area contributed by atoms with Crippen LogP contribution in [0.3, 0.4) is 0 Å². The summed E-state index contributed by atoms with van der Waals surface area (Å²) in [6.45, 7) is 2.58. The highest BCUT2D eigenvalue weighted by Crippen LogP contribution is 2.53. The van der Waals surface area contributed by atoms with Crippen molar-refractivity contribution in [2.24, 2.45) is 0 Å². The van der Waals surface area contributed by atoms with Crippen molar-refractivity contribution in [2.75, 3.05) is 26.4 Å². The van der Waals surface area contributed by atoms with Crippen molar-refractivity contribution in [2.45, 2.75) is 283 Å². The Bertz CT molecular complexity index is 1780. The maximum atomic E-state index is 10.6. The van der Waals surface area contributed by atoms with Crippen LogP contribution in [-0.4, -0.2) is 51.6 Å². The molecule has 426 valence electrons. The Morgan fingerprint density at radius 2 is 0.382 bits per heavy atom. The van der Waals surface area contributed by atoms with Crippen molar-refractivity contribution < 1.29 is 38.1 Å². The van der Waals surface area contributed by atoms with E-state index in [1.54, 1.807) is 0 Å². The lowest BCUT2D eigenvalue weighted by molar-refractivity contribution is -0.108. The lowest BCUT2D eigenvalue weighted by atomic mass is 9.91. The normalized spacial score (nSPS) is 11.5. The molecule has 0 radical (unpaired) electrons. The van der Waals surface area contributed by atoms with Gasteiger partial charge in [0.25, 0.3) is 0 Å². The van der Waals surface area contributed by atoms with Gasteiger partial charge in [0.05, 0.1) is 26.4 Å². The van der Waals surface area contributed by atoms with Crippen molar-refractivity contribution in [1.82, 2.24) is 0 Å². The van der Waals surface area contributed by atoms with E-state index in [-0.39, 0.29) is 0 Å². The van der Waals surface area contributed by atoms with E-state index < -0.39 is 0 Å². The molecule has 0 saturated heterocycles. The van der Waals surface area contributed by atoms with Crippen LogP contribution < -0.4 is 18.9 Å². The van der Waals surface area contributed by atoms with Gasteiger partial charge in [0.15, 0.2) is 23.0 Å². The van der Waals surface area contributed by atoms with Gasteiger partial charge in [0.1, 0.15) is 25.1 Å². The largest absolute Gasteiger partial charge is 0.489 e. The van der Waals surface area contributed by atoms with E-state index in [4.69, 9.17) is 18.9 Å². The number of ether oxygens (including phenoxy) is 4. The first kappa shape index (κ1) is 64.3. The van der Waals surface area contributed by atoms with Gasteiger partial charge in [-0.25, -0.2) is 0 Å². The number of unbranched alkanes of at least 4 members (excludes halogenated alkanes) is 40. The summed E-state index contributed by atoms with van der Waals surface area (Å²) >= 11 is 0. The second-order valence-electron chi connectivity index (χ2n) is 22.1. The van der Waals surface area contributed by atoms with E-state index in [0.29, 0.717) is 52.1 Å². The van der Waals surface area contributed by atoms with Crippen LogP contribution in [0.5, 0.6) is 23.0 Å². The predicted octanol–water partition coefficient (Wildman–Crippen LogP) is 20.1. The molecule has 4 aromatic rings. The molecule has 0 aromatic heterocycles. The molecule has 0 saturated carbocycles. The van der Waals surface area contributed by atoms with Gasteiger partial charge in [0, 0.05) is 58.0 Å². The average Bonchev–Trinajstić information content (AvgIpc) is 3.51. The number of carbonyl (C=O) groups excluding carboxylic acids is 4. The number of hydrogen-bond donors (Lipinski definition) is 0. The highest BCUT2D eigenvalue weighted by atomic mass is 16.5. The third-order valence-electron chi connectivity index (χ3n) is 15.6. The molecule has 0 heterocycles. The van der Waals surface area contributed by atoms with Crippen LogP contribution in [0.25, 0.3) is 32.3 Å². The van der Waals surface area contributed by atoms with Gasteiger partial charge in [-0.1, -0.05) is 242 Å². The van der Waals surface area contributed by atoms with E-state index in [1.165, 1.54) is 191 Å². The fourth-order valence-corrected chi connectivity index (χ4v) is 11.1. The molecule has 0 aliphatic heterocycles. The van der Waals surface area contributed by atoms with E-state index in [0.717, 1.165) is 147 Å². The minimum absolute atomic E-state index is 0.645. The van der Waals surface area contributed by atoms with Crippen molar-refractivity contribution in [3.63, 3.8) is 0 Å². The second-order valence-corrected chi connectivity index (χ2v) is 22.1. The molecule has 4 aromatic carbocycles. The molecule has 76 heavy (non-hydrogen) atoms. The Morgan fingerprint density at radius 1 is 0.224 bits per heavy atom. The fourth-order valence-electron chi connectivity index (χ4n) is 11.1. The molecule has 0 aliphatic rings. The van der Waals surface area contributed by atoms with Gasteiger partial charge < -0.3 is 38.1 Å². The Kier molecular flexibility index (Phi) is 37.9. The summed E-state index contributed by atoms with van der Waals surface area (Å²) in [7, 11) is 0. The summed E-state index contributed by atoms with van der Waals surface area (Å²) in [6, 6.07) is 13.2. The number of carbonyl (C=O) groups is 4. The summed E-state index contributed by atoms with van der Waals surface area (Å²) in [4.78, 5) is 42.5. The fraction of sp³-hybridized carbons (Fsp3) is 0.706. The molecule has 0 aliphatic carbocycles. The average molecular weight is 1050 g/mol. The minimum Gasteiger partial charge on any atom is -0.489 e. The molecule has 8 heteroatoms. The minimum atomic E-state index is 0.645. The van der Waals surface area contributed by atoms with Crippen LogP contribution in [0.2, 0.25) is 0 Å². The lowest BCUT2D eigenvalue weighted by Gasteiger charge is -2.24. The standard InChI is InChI=1S/C68H106O8/c69-51-37-29-21-13-5-1-9-17-25-33-41-55-73-65-59-47-45-49-61-63(59)64-60(66(65)74-56-42-34-26-18-10-2-6-14-22-30-38-52-70)48-46-50-62(64)68(76-58-44-36-28-20-12-4-8-16-24-32-40-54-72)67(61)75-57-43-35-27-19-11-3-7-15-23-31-39-53-71/h45-54H,1-44,55-58H2. The van der Waals surface area contributed by atoms with Crippen molar-refractivity contribution in [3.8, 4) is 23.0 Å². The zero-order valence-corrected chi connectivity index (χ0v) is 48.0. The van der Waals surface area contributed by atoms with Gasteiger partial charge in [0.2, 0.25) is 0 Å². The van der Waals surface area contributed by atoms with Gasteiger partial charge >= 0.3 is 0 Å². The van der Waals surface area contributed by atoms with Crippen molar-refractivity contribution >= 4 is 57.5 Å². The first-order chi connectivity index (χ1) is 37.8. The van der Waals surface area contributed by atoms with E-state index in [9.17, 15) is 19.2 Å². The van der Waals surface area contributed by atoms with Crippen LogP contribution in [0.15, 0.2) is 36.4 Å². The molecule has 0 bridgehead atoms. The maximum absolute atomic E-state index is 10.6. The van der Waals surface area contributed by atoms with Gasteiger partial charge in [-0.05, 0) is 51.4 Å². The summed E-state index contributed by atoms with van der Waals surface area (Å²) in [6.07, 6.45) is 54.5. The van der Waals surface area contributed by atoms with Crippen LogP contribution >= 0.6 is 0 Å². The molecule has 0 atom stereocenters. The lowest BCUT2D eigenvalue weighted by Crippen LogP contribution is -2.07. The van der Waals surface area contributed by atoms with Crippen molar-refractivity contribution in [1.29, 1.82) is 0 Å². The van der Waals surface area contributed by atoms with Gasteiger partial charge in [-0.2, -0.15) is 0 Å². The molecule has 0 N–H and O–H groups in total. The van der Waals surface area contributed by atoms with Gasteiger partial charge in [-0.15, -0.1) is 0 Å². The first-order valence-corrected chi connectivity index (χ1v) is 31.8. The highest BCUT2D eigenvalue weighted by molar-refractivity contribution is 6.29. The Labute approximate surface area is 462 Å². The summed E-state index contributed by atoms with van der Waals surface area (Å²) < 4.78 is 27.8. The second kappa shape index (κ2) is 44.7. The molecule has 4 rings (SSSR count). The third-order valence-corrected chi connectivity index (χ3v) is 15.6. The molecule has 0 fully saturated rings. The topological polar surface area (TPSA) is 105 Å². The Balaban J connectivity index is 1.48. The SMILES string of the molecule is O=CCCCCCCCCCCCCOc1c(OCCCCCCCCCCCCC=O)c2cccc3c(OCCCCCCCCCCCCC=O)c(OCCCCCCCCCCCCC=O)c4cccc1c4c23. The Morgan fingerprint density at radius 3 is 0.553 bits per heavy atom. The number of aldehydes is 4. The van der Waals surface area contributed by atoms with Crippen LogP contribution in [0, 0.1) is 0 Å². The number of hydrogen-bond acceptors (Lipinski definition) is 8. The van der Waals surface area contributed by atoms with Crippen LogP contribution in [0.1, 0.15) is 283 Å². The van der Waals surface area contributed by atoms with E-state index in [2.05, 4.69) is 36.4 Å². The smallest absolute Gasteiger partial charge is 0.169 e. The molecule has 0 spiro atoms. The zero-order chi connectivity index (χ0) is 53.6. The molecular formula is C68H106O8. The summed E-state index contributed by atoms with van der Waals surface area (Å²) in [5, 5.41) is 6.66. The predicted molar refractivity (Wildman–Crippen MR) is 320 cm³/mol. The maximum Gasteiger partial charge on any atom is 0.169 e. The monoisotopic (exact) mass is 1050 g/mol. The molecular weight excluding hydrogens is 945 g/mol. The van der Waals surface area contributed by atoms with E-state index >= 15 is 0 Å². The molecule has 0 amide bonds. The number of rotatable bonds is 56. The quantitative estimate of drug-likeness (QED) is 0.0245. The zero-order valence-electron chi connectivity index (χ0n) is 48.0. The van der Waals surface area contributed by atoms with Gasteiger partial charge in [-0.3, -0.25) is 0 Å². The van der Waals surface area contributed by atoms with Crippen LogP contribution in [-0.2, 0) is 19.2 Å². The summed E-state index contributed by atoms with van der Waals surface area (Å²) in [5.74, 6) is 3.41. The van der Waals surface area contributed by atoms with Crippen molar-refractivity contribution in [3.05, 3.63) is 36.4 Å².